The van der Waals surface area contributed by atoms with Crippen molar-refractivity contribution < 1.29 is 14.6 Å². The maximum atomic E-state index is 11.4. The lowest BCUT2D eigenvalue weighted by Gasteiger charge is -2.18. The van der Waals surface area contributed by atoms with E-state index in [0.717, 1.165) is 0 Å². The van der Waals surface area contributed by atoms with Gasteiger partial charge < -0.3 is 9.84 Å². The number of hydrogen-bond acceptors (Lipinski definition) is 3. The first kappa shape index (κ1) is 11.7. The van der Waals surface area contributed by atoms with Crippen LogP contribution in [0.1, 0.15) is 36.7 Å². The van der Waals surface area contributed by atoms with Gasteiger partial charge in [0.25, 0.3) is 0 Å². The number of aliphatic hydroxyl groups is 1. The Morgan fingerprint density at radius 1 is 1.47 bits per heavy atom. The summed E-state index contributed by atoms with van der Waals surface area (Å²) in [6.07, 6.45) is 0. The zero-order chi connectivity index (χ0) is 11.5. The van der Waals surface area contributed by atoms with Crippen LogP contribution in [0.25, 0.3) is 0 Å². The van der Waals surface area contributed by atoms with E-state index in [1.165, 1.54) is 0 Å². The third-order valence-corrected chi connectivity index (χ3v) is 2.08. The molecule has 0 unspecified atom stereocenters. The molecule has 0 radical (unpaired) electrons. The largest absolute Gasteiger partial charge is 0.462 e. The molecular formula is C12H16O3. The predicted molar refractivity (Wildman–Crippen MR) is 57.6 cm³/mol. The van der Waals surface area contributed by atoms with Crippen LogP contribution in [0.2, 0.25) is 0 Å². The van der Waals surface area contributed by atoms with E-state index in [-0.39, 0.29) is 5.97 Å². The van der Waals surface area contributed by atoms with E-state index in [1.807, 2.05) is 0 Å². The molecule has 1 aromatic carbocycles. The highest BCUT2D eigenvalue weighted by Gasteiger charge is 2.17. The van der Waals surface area contributed by atoms with Crippen molar-refractivity contribution in [3.8, 4) is 0 Å². The van der Waals surface area contributed by atoms with Crippen molar-refractivity contribution in [1.82, 2.24) is 0 Å². The highest BCUT2D eigenvalue weighted by Crippen LogP contribution is 2.20. The Bertz CT molecular complexity index is 350. The summed E-state index contributed by atoms with van der Waals surface area (Å²) in [6.45, 7) is 5.47. The molecule has 3 nitrogen and oxygen atoms in total. The maximum Gasteiger partial charge on any atom is 0.338 e. The minimum absolute atomic E-state index is 0.353. The fourth-order valence-corrected chi connectivity index (χ4v) is 1.24. The van der Waals surface area contributed by atoms with Gasteiger partial charge in [0.05, 0.1) is 17.8 Å². The molecule has 0 spiro atoms. The van der Waals surface area contributed by atoms with Gasteiger partial charge >= 0.3 is 5.97 Å². The van der Waals surface area contributed by atoms with E-state index in [0.29, 0.717) is 17.7 Å². The zero-order valence-corrected chi connectivity index (χ0v) is 9.28. The van der Waals surface area contributed by atoms with E-state index < -0.39 is 5.60 Å². The molecule has 0 bridgehead atoms. The molecule has 1 rings (SSSR count). The maximum absolute atomic E-state index is 11.4. The van der Waals surface area contributed by atoms with Crippen LogP contribution in [0.3, 0.4) is 0 Å². The molecule has 0 heterocycles. The molecule has 0 fully saturated rings. The van der Waals surface area contributed by atoms with Crippen molar-refractivity contribution in [3.63, 3.8) is 0 Å². The predicted octanol–water partition coefficient (Wildman–Crippen LogP) is 2.09. The first-order valence-electron chi connectivity index (χ1n) is 4.95. The summed E-state index contributed by atoms with van der Waals surface area (Å²) in [5.41, 5.74) is 0.229. The number of esters is 1. The summed E-state index contributed by atoms with van der Waals surface area (Å²) in [5, 5.41) is 9.77. The topological polar surface area (TPSA) is 46.5 Å². The minimum Gasteiger partial charge on any atom is -0.462 e. The molecule has 1 N–H and O–H groups in total. The molecule has 0 aromatic heterocycles. The lowest BCUT2D eigenvalue weighted by Crippen LogP contribution is -2.16. The molecule has 15 heavy (non-hydrogen) atoms. The molecule has 0 atom stereocenters. The first-order chi connectivity index (χ1) is 6.95. The van der Waals surface area contributed by atoms with E-state index in [1.54, 1.807) is 45.0 Å². The summed E-state index contributed by atoms with van der Waals surface area (Å²) < 4.78 is 4.88. The Morgan fingerprint density at radius 2 is 2.13 bits per heavy atom. The number of hydrogen-bond donors (Lipinski definition) is 1. The Balaban J connectivity index is 2.98. The van der Waals surface area contributed by atoms with Crippen LogP contribution in [0.15, 0.2) is 24.3 Å². The Kier molecular flexibility index (Phi) is 3.48. The fourth-order valence-electron chi connectivity index (χ4n) is 1.24. The molecule has 1 aromatic rings. The number of benzene rings is 1. The van der Waals surface area contributed by atoms with Gasteiger partial charge in [-0.15, -0.1) is 0 Å². The van der Waals surface area contributed by atoms with Crippen molar-refractivity contribution in [2.24, 2.45) is 0 Å². The monoisotopic (exact) mass is 208 g/mol. The van der Waals surface area contributed by atoms with Gasteiger partial charge in [-0.1, -0.05) is 12.1 Å². The first-order valence-corrected chi connectivity index (χ1v) is 4.95. The molecule has 0 aliphatic heterocycles. The lowest BCUT2D eigenvalue weighted by molar-refractivity contribution is 0.0525. The second kappa shape index (κ2) is 4.45. The van der Waals surface area contributed by atoms with Crippen molar-refractivity contribution in [2.75, 3.05) is 6.61 Å². The lowest BCUT2D eigenvalue weighted by atomic mass is 9.97. The molecule has 3 heteroatoms. The average Bonchev–Trinajstić information content (AvgIpc) is 2.17. The zero-order valence-electron chi connectivity index (χ0n) is 9.28. The normalized spacial score (nSPS) is 11.2. The van der Waals surface area contributed by atoms with Crippen molar-refractivity contribution in [2.45, 2.75) is 26.4 Å². The SMILES string of the molecule is CCOC(=O)c1cccc(C(C)(C)O)c1. The van der Waals surface area contributed by atoms with Crippen LogP contribution in [0, 0.1) is 0 Å². The van der Waals surface area contributed by atoms with Crippen molar-refractivity contribution in [3.05, 3.63) is 35.4 Å². The van der Waals surface area contributed by atoms with Gasteiger partial charge in [0.1, 0.15) is 0 Å². The van der Waals surface area contributed by atoms with E-state index >= 15 is 0 Å². The van der Waals surface area contributed by atoms with E-state index in [9.17, 15) is 9.90 Å². The molecule has 0 saturated heterocycles. The molecule has 0 aliphatic carbocycles. The summed E-state index contributed by atoms with van der Waals surface area (Å²) in [7, 11) is 0. The van der Waals surface area contributed by atoms with Gasteiger partial charge in [0, 0.05) is 0 Å². The summed E-state index contributed by atoms with van der Waals surface area (Å²) in [4.78, 5) is 11.4. The average molecular weight is 208 g/mol. The summed E-state index contributed by atoms with van der Waals surface area (Å²) >= 11 is 0. The third kappa shape index (κ3) is 3.06. The van der Waals surface area contributed by atoms with Crippen LogP contribution in [-0.2, 0) is 10.3 Å². The van der Waals surface area contributed by atoms with Crippen molar-refractivity contribution >= 4 is 5.97 Å². The number of rotatable bonds is 3. The fraction of sp³-hybridized carbons (Fsp3) is 0.417. The van der Waals surface area contributed by atoms with Gasteiger partial charge in [-0.05, 0) is 38.5 Å². The summed E-state index contributed by atoms with van der Waals surface area (Å²) in [6, 6.07) is 6.84. The molecule has 82 valence electrons. The minimum atomic E-state index is -0.942. The number of ether oxygens (including phenoxy) is 1. The van der Waals surface area contributed by atoms with Crippen LogP contribution in [0.4, 0.5) is 0 Å². The smallest absolute Gasteiger partial charge is 0.338 e. The summed E-state index contributed by atoms with van der Waals surface area (Å²) in [5.74, 6) is -0.358. The van der Waals surface area contributed by atoms with E-state index in [4.69, 9.17) is 4.74 Å². The molecule has 0 saturated carbocycles. The number of carbonyl (C=O) groups is 1. The third-order valence-electron chi connectivity index (χ3n) is 2.08. The van der Waals surface area contributed by atoms with Gasteiger partial charge in [-0.2, -0.15) is 0 Å². The molecular weight excluding hydrogens is 192 g/mol. The Morgan fingerprint density at radius 3 is 2.67 bits per heavy atom. The Labute approximate surface area is 89.7 Å². The standard InChI is InChI=1S/C12H16O3/c1-4-15-11(13)9-6-5-7-10(8-9)12(2,3)14/h5-8,14H,4H2,1-3H3. The highest BCUT2D eigenvalue weighted by atomic mass is 16.5. The number of carbonyl (C=O) groups excluding carboxylic acids is 1. The van der Waals surface area contributed by atoms with E-state index in [2.05, 4.69) is 0 Å². The molecule has 0 aliphatic rings. The van der Waals surface area contributed by atoms with Crippen LogP contribution >= 0.6 is 0 Å². The van der Waals surface area contributed by atoms with Gasteiger partial charge in [0.15, 0.2) is 0 Å². The second-order valence-corrected chi connectivity index (χ2v) is 3.86. The van der Waals surface area contributed by atoms with Crippen LogP contribution in [0.5, 0.6) is 0 Å². The molecule has 0 amide bonds. The Hall–Kier alpha value is -1.35. The van der Waals surface area contributed by atoms with Gasteiger partial charge in [0.2, 0.25) is 0 Å². The van der Waals surface area contributed by atoms with Crippen LogP contribution in [-0.4, -0.2) is 17.7 Å². The van der Waals surface area contributed by atoms with Crippen molar-refractivity contribution in [1.29, 1.82) is 0 Å². The second-order valence-electron chi connectivity index (χ2n) is 3.86. The quantitative estimate of drug-likeness (QED) is 0.774. The van der Waals surface area contributed by atoms with Gasteiger partial charge in [-0.3, -0.25) is 0 Å². The highest BCUT2D eigenvalue weighted by molar-refractivity contribution is 5.89. The van der Waals surface area contributed by atoms with Crippen LogP contribution < -0.4 is 0 Å². The van der Waals surface area contributed by atoms with Gasteiger partial charge in [-0.25, -0.2) is 4.79 Å².